The first-order chi connectivity index (χ1) is 15.8. The van der Waals surface area contributed by atoms with Crippen molar-refractivity contribution in [1.29, 1.82) is 0 Å². The number of hydrogen-bond acceptors (Lipinski definition) is 4. The number of nitrogens with one attached hydrogen (secondary N) is 1. The van der Waals surface area contributed by atoms with Crippen LogP contribution in [0.25, 0.3) is 0 Å². The van der Waals surface area contributed by atoms with Crippen molar-refractivity contribution in [3.63, 3.8) is 0 Å². The van der Waals surface area contributed by atoms with Gasteiger partial charge >= 0.3 is 6.18 Å². The first kappa shape index (κ1) is 25.1. The molecule has 1 heterocycles. The Morgan fingerprint density at radius 1 is 1.03 bits per heavy atom. The third kappa shape index (κ3) is 8.05. The molecule has 33 heavy (non-hydrogen) atoms. The fourth-order valence-corrected chi connectivity index (χ4v) is 3.92. The molecule has 0 fully saturated rings. The molecule has 0 aliphatic carbocycles. The third-order valence-corrected chi connectivity index (χ3v) is 5.57. The van der Waals surface area contributed by atoms with Gasteiger partial charge in [-0.05, 0) is 55.4 Å². The summed E-state index contributed by atoms with van der Waals surface area (Å²) >= 11 is 0. The lowest BCUT2D eigenvalue weighted by Crippen LogP contribution is -2.37. The molecular weight excluding hydrogens is 433 g/mol. The van der Waals surface area contributed by atoms with E-state index in [9.17, 15) is 18.0 Å². The number of fused-ring (bicyclic) bond motifs is 1. The monoisotopic (exact) mass is 464 g/mol. The van der Waals surface area contributed by atoms with Crippen LogP contribution in [0.15, 0.2) is 42.5 Å². The second kappa shape index (κ2) is 12.0. The highest BCUT2D eigenvalue weighted by Crippen LogP contribution is 2.30. The first-order valence-corrected chi connectivity index (χ1v) is 11.4. The van der Waals surface area contributed by atoms with E-state index in [0.717, 1.165) is 48.3 Å². The summed E-state index contributed by atoms with van der Waals surface area (Å²) < 4.78 is 45.6. The molecule has 2 aromatic carbocycles. The van der Waals surface area contributed by atoms with Crippen molar-refractivity contribution in [2.24, 2.45) is 0 Å². The van der Waals surface area contributed by atoms with Crippen molar-refractivity contribution in [2.45, 2.75) is 51.4 Å². The normalized spacial score (nSPS) is 16.5. The van der Waals surface area contributed by atoms with E-state index in [-0.39, 0.29) is 25.6 Å². The fraction of sp³-hybridized carbons (Fsp3) is 0.480. The van der Waals surface area contributed by atoms with Gasteiger partial charge in [0.2, 0.25) is 5.91 Å². The summed E-state index contributed by atoms with van der Waals surface area (Å²) in [4.78, 5) is 14.4. The summed E-state index contributed by atoms with van der Waals surface area (Å²) in [6.07, 6.45) is -0.438. The zero-order chi connectivity index (χ0) is 23.7. The Hall–Kier alpha value is -2.58. The van der Waals surface area contributed by atoms with Gasteiger partial charge in [-0.1, -0.05) is 30.3 Å². The number of aryl methyl sites for hydroxylation is 1. The average molecular weight is 465 g/mol. The number of carbonyl (C=O) groups excluding carboxylic acids is 1. The Balaban J connectivity index is 1.88. The van der Waals surface area contributed by atoms with Crippen molar-refractivity contribution in [2.75, 3.05) is 26.3 Å². The smallest absolute Gasteiger partial charge is 0.416 e. The van der Waals surface area contributed by atoms with Gasteiger partial charge in [-0.15, -0.1) is 0 Å². The predicted molar refractivity (Wildman–Crippen MR) is 120 cm³/mol. The highest BCUT2D eigenvalue weighted by molar-refractivity contribution is 5.78. The number of nitrogens with zero attached hydrogens (tertiary/aromatic N) is 1. The fourth-order valence-electron chi connectivity index (χ4n) is 3.92. The molecule has 0 aromatic heterocycles. The van der Waals surface area contributed by atoms with E-state index in [2.05, 4.69) is 5.32 Å². The van der Waals surface area contributed by atoms with Crippen LogP contribution in [0.3, 0.4) is 0 Å². The van der Waals surface area contributed by atoms with Crippen LogP contribution in [0.4, 0.5) is 13.2 Å². The molecule has 0 saturated heterocycles. The van der Waals surface area contributed by atoms with Gasteiger partial charge in [0.25, 0.3) is 0 Å². The van der Waals surface area contributed by atoms with Crippen LogP contribution in [0.2, 0.25) is 0 Å². The Morgan fingerprint density at radius 2 is 1.88 bits per heavy atom. The second-order valence-electron chi connectivity index (χ2n) is 8.37. The van der Waals surface area contributed by atoms with Gasteiger partial charge in [0.1, 0.15) is 5.75 Å². The second-order valence-corrected chi connectivity index (χ2v) is 8.37. The predicted octanol–water partition coefficient (Wildman–Crippen LogP) is 4.31. The van der Waals surface area contributed by atoms with Crippen LogP contribution in [-0.2, 0) is 30.5 Å². The Labute approximate surface area is 192 Å². The van der Waals surface area contributed by atoms with Crippen LogP contribution in [0.5, 0.6) is 5.75 Å². The van der Waals surface area contributed by atoms with Crippen LogP contribution >= 0.6 is 0 Å². The van der Waals surface area contributed by atoms with Crippen LogP contribution < -0.4 is 10.1 Å². The topological polar surface area (TPSA) is 61.8 Å². The van der Waals surface area contributed by atoms with Crippen LogP contribution in [0, 0.1) is 0 Å². The largest absolute Gasteiger partial charge is 0.493 e. The molecule has 5 nitrogen and oxygen atoms in total. The SMILES string of the molecule is O=C1CN(Cc2cccc(C(F)(F)F)c2)Cc2cc(CCCO)ccc2OCCCCCN1. The van der Waals surface area contributed by atoms with E-state index < -0.39 is 11.7 Å². The van der Waals surface area contributed by atoms with Crippen molar-refractivity contribution in [3.05, 3.63) is 64.7 Å². The van der Waals surface area contributed by atoms with Gasteiger partial charge in [0.05, 0.1) is 18.7 Å². The Morgan fingerprint density at radius 3 is 2.67 bits per heavy atom. The summed E-state index contributed by atoms with van der Waals surface area (Å²) in [6, 6.07) is 11.1. The van der Waals surface area contributed by atoms with E-state index in [4.69, 9.17) is 9.84 Å². The minimum Gasteiger partial charge on any atom is -0.493 e. The van der Waals surface area contributed by atoms with Gasteiger partial charge < -0.3 is 15.2 Å². The highest BCUT2D eigenvalue weighted by atomic mass is 19.4. The number of hydrogen-bond donors (Lipinski definition) is 2. The lowest BCUT2D eigenvalue weighted by atomic mass is 10.0. The van der Waals surface area contributed by atoms with Crippen molar-refractivity contribution < 1.29 is 27.8 Å². The zero-order valence-electron chi connectivity index (χ0n) is 18.7. The number of amides is 1. The highest BCUT2D eigenvalue weighted by Gasteiger charge is 2.30. The molecule has 180 valence electrons. The van der Waals surface area contributed by atoms with Crippen LogP contribution in [0.1, 0.15) is 47.9 Å². The number of aliphatic hydroxyl groups is 1. The quantitative estimate of drug-likeness (QED) is 0.692. The number of rotatable bonds is 5. The zero-order valence-corrected chi connectivity index (χ0v) is 18.7. The maximum Gasteiger partial charge on any atom is 0.416 e. The van der Waals surface area contributed by atoms with E-state index in [0.29, 0.717) is 38.1 Å². The van der Waals surface area contributed by atoms with Gasteiger partial charge in [-0.25, -0.2) is 0 Å². The molecule has 8 heteroatoms. The first-order valence-electron chi connectivity index (χ1n) is 11.4. The minimum absolute atomic E-state index is 0.0660. The number of alkyl halides is 3. The van der Waals surface area contributed by atoms with Gasteiger partial charge in [-0.3, -0.25) is 9.69 Å². The molecule has 1 aliphatic heterocycles. The number of aliphatic hydroxyl groups excluding tert-OH is 1. The molecule has 2 aromatic rings. The molecule has 0 spiro atoms. The van der Waals surface area contributed by atoms with E-state index in [1.165, 1.54) is 6.07 Å². The molecule has 0 saturated carbocycles. The maximum absolute atomic E-state index is 13.2. The maximum atomic E-state index is 13.2. The Bertz CT molecular complexity index is 918. The number of halogens is 3. The van der Waals surface area contributed by atoms with Gasteiger partial charge in [0, 0.05) is 31.8 Å². The summed E-state index contributed by atoms with van der Waals surface area (Å²) in [5, 5.41) is 12.1. The summed E-state index contributed by atoms with van der Waals surface area (Å²) in [5.41, 5.74) is 1.70. The standard InChI is InChI=1S/C25H31F3N2O3/c26-25(27,28)22-8-4-6-20(15-22)16-30-17-21-14-19(7-5-12-31)9-10-23(21)33-13-3-1-2-11-29-24(32)18-30/h4,6,8-10,14-15,31H,1-3,5,7,11-13,16-18H2,(H,29,32). The molecule has 0 bridgehead atoms. The minimum atomic E-state index is -4.42. The molecule has 1 aliphatic rings. The summed E-state index contributed by atoms with van der Waals surface area (Å²) in [6.45, 7) is 1.83. The molecule has 0 unspecified atom stereocenters. The molecule has 2 N–H and O–H groups in total. The average Bonchev–Trinajstić information content (AvgIpc) is 2.78. The van der Waals surface area contributed by atoms with Crippen LogP contribution in [-0.4, -0.2) is 42.2 Å². The van der Waals surface area contributed by atoms with Gasteiger partial charge in [0.15, 0.2) is 0 Å². The molecular formula is C25H31F3N2O3. The lowest BCUT2D eigenvalue weighted by Gasteiger charge is -2.24. The van der Waals surface area contributed by atoms with E-state index >= 15 is 0 Å². The third-order valence-electron chi connectivity index (χ3n) is 5.57. The summed E-state index contributed by atoms with van der Waals surface area (Å²) in [7, 11) is 0. The van der Waals surface area contributed by atoms with Crippen molar-refractivity contribution in [1.82, 2.24) is 10.2 Å². The molecule has 0 radical (unpaired) electrons. The van der Waals surface area contributed by atoms with Crippen molar-refractivity contribution in [3.8, 4) is 5.75 Å². The molecule has 3 rings (SSSR count). The van der Waals surface area contributed by atoms with Crippen molar-refractivity contribution >= 4 is 5.91 Å². The summed E-state index contributed by atoms with van der Waals surface area (Å²) in [5.74, 6) is 0.566. The van der Waals surface area contributed by atoms with Gasteiger partial charge in [-0.2, -0.15) is 13.2 Å². The number of carbonyl (C=O) groups is 1. The number of ether oxygens (including phenoxy) is 1. The molecule has 0 atom stereocenters. The molecule has 1 amide bonds. The Kier molecular flexibility index (Phi) is 9.14. The lowest BCUT2D eigenvalue weighted by molar-refractivity contribution is -0.137. The van der Waals surface area contributed by atoms with E-state index in [1.54, 1.807) is 6.07 Å². The van der Waals surface area contributed by atoms with E-state index in [1.807, 2.05) is 23.1 Å². The number of benzene rings is 2.